The molecule has 19 heavy (non-hydrogen) atoms. The maximum absolute atomic E-state index is 12.5. The predicted molar refractivity (Wildman–Crippen MR) is 82.9 cm³/mol. The molecule has 2 rings (SSSR count). The van der Waals surface area contributed by atoms with E-state index in [9.17, 15) is 4.79 Å². The van der Waals surface area contributed by atoms with Gasteiger partial charge in [-0.1, -0.05) is 47.8 Å². The molecular weight excluding hydrogens is 302 g/mol. The summed E-state index contributed by atoms with van der Waals surface area (Å²) in [5.74, 6) is 0.138. The van der Waals surface area contributed by atoms with Crippen LogP contribution in [0.4, 0.5) is 0 Å². The highest BCUT2D eigenvalue weighted by atomic mass is 79.9. The van der Waals surface area contributed by atoms with E-state index in [1.165, 1.54) is 18.4 Å². The minimum absolute atomic E-state index is 0.138. The molecule has 0 radical (unpaired) electrons. The van der Waals surface area contributed by atoms with E-state index in [2.05, 4.69) is 22.9 Å². The zero-order valence-electron chi connectivity index (χ0n) is 11.7. The van der Waals surface area contributed by atoms with Gasteiger partial charge in [0.2, 0.25) is 0 Å². The van der Waals surface area contributed by atoms with Crippen molar-refractivity contribution in [1.29, 1.82) is 0 Å². The number of carbonyl (C=O) groups excluding carboxylic acids is 1. The van der Waals surface area contributed by atoms with Crippen molar-refractivity contribution < 1.29 is 4.79 Å². The number of rotatable bonds is 3. The third-order valence-electron chi connectivity index (χ3n) is 4.07. The molecule has 2 atom stereocenters. The molecule has 0 aliphatic heterocycles. The van der Waals surface area contributed by atoms with E-state index in [1.54, 1.807) is 0 Å². The maximum atomic E-state index is 12.5. The van der Waals surface area contributed by atoms with Crippen LogP contribution in [0.3, 0.4) is 0 Å². The van der Waals surface area contributed by atoms with Crippen molar-refractivity contribution >= 4 is 21.8 Å². The zero-order valence-corrected chi connectivity index (χ0v) is 13.3. The van der Waals surface area contributed by atoms with Gasteiger partial charge in [-0.2, -0.15) is 0 Å². The van der Waals surface area contributed by atoms with Crippen LogP contribution in [-0.2, 0) is 6.42 Å². The molecule has 3 heteroatoms. The summed E-state index contributed by atoms with van der Waals surface area (Å²) in [5, 5.41) is 0. The van der Waals surface area contributed by atoms with Gasteiger partial charge in [-0.15, -0.1) is 0 Å². The molecule has 0 heterocycles. The van der Waals surface area contributed by atoms with E-state index < -0.39 is 0 Å². The van der Waals surface area contributed by atoms with Gasteiger partial charge in [0.1, 0.15) is 0 Å². The van der Waals surface area contributed by atoms with Gasteiger partial charge in [-0.05, 0) is 37.0 Å². The van der Waals surface area contributed by atoms with Gasteiger partial charge < -0.3 is 4.90 Å². The van der Waals surface area contributed by atoms with Gasteiger partial charge in [0, 0.05) is 23.5 Å². The van der Waals surface area contributed by atoms with Crippen LogP contribution in [0.15, 0.2) is 24.3 Å². The summed E-state index contributed by atoms with van der Waals surface area (Å²) in [4.78, 5) is 14.8. The number of alkyl halides is 1. The minimum Gasteiger partial charge on any atom is -0.338 e. The largest absolute Gasteiger partial charge is 0.338 e. The molecule has 0 aromatic heterocycles. The second-order valence-corrected chi connectivity index (χ2v) is 6.51. The smallest absolute Gasteiger partial charge is 0.253 e. The molecular formula is C16H22BrNO. The van der Waals surface area contributed by atoms with Crippen LogP contribution in [0.5, 0.6) is 0 Å². The molecule has 104 valence electrons. The number of halogens is 1. The van der Waals surface area contributed by atoms with E-state index >= 15 is 0 Å². The molecule has 0 spiro atoms. The van der Waals surface area contributed by atoms with Gasteiger partial charge in [0.15, 0.2) is 0 Å². The molecule has 1 saturated carbocycles. The molecule has 0 bridgehead atoms. The molecule has 1 aliphatic carbocycles. The van der Waals surface area contributed by atoms with Gasteiger partial charge in [-0.25, -0.2) is 0 Å². The maximum Gasteiger partial charge on any atom is 0.253 e. The first-order valence-electron chi connectivity index (χ1n) is 7.13. The van der Waals surface area contributed by atoms with E-state index in [-0.39, 0.29) is 5.91 Å². The zero-order chi connectivity index (χ0) is 13.8. The second-order valence-electron chi connectivity index (χ2n) is 5.33. The average Bonchev–Trinajstić information content (AvgIpc) is 2.46. The molecule has 0 N–H and O–H groups in total. The fourth-order valence-electron chi connectivity index (χ4n) is 2.74. The Kier molecular flexibility index (Phi) is 5.03. The number of nitrogens with zero attached hydrogens (tertiary/aromatic N) is 1. The summed E-state index contributed by atoms with van der Waals surface area (Å²) in [6.45, 7) is 2.13. The number of amides is 1. The topological polar surface area (TPSA) is 20.3 Å². The Labute approximate surface area is 124 Å². The number of hydrogen-bond acceptors (Lipinski definition) is 1. The summed E-state index contributed by atoms with van der Waals surface area (Å²) in [6, 6.07) is 8.32. The number of carbonyl (C=O) groups is 1. The molecule has 1 aromatic rings. The van der Waals surface area contributed by atoms with Crippen LogP contribution < -0.4 is 0 Å². The standard InChI is InChI=1S/C16H22BrNO/c1-3-12-8-10-13(11-9-12)16(19)18(2)15-7-5-4-6-14(15)17/h8-11,14-15H,3-7H2,1-2H3. The van der Waals surface area contributed by atoms with Crippen LogP contribution in [0.2, 0.25) is 0 Å². The Bertz CT molecular complexity index is 429. The summed E-state index contributed by atoms with van der Waals surface area (Å²) in [5.41, 5.74) is 2.07. The first kappa shape index (κ1) is 14.6. The van der Waals surface area contributed by atoms with Crippen molar-refractivity contribution in [3.63, 3.8) is 0 Å². The Balaban J connectivity index is 2.08. The lowest BCUT2D eigenvalue weighted by molar-refractivity contribution is 0.0705. The van der Waals surface area contributed by atoms with E-state index in [4.69, 9.17) is 0 Å². The summed E-state index contributed by atoms with van der Waals surface area (Å²) < 4.78 is 0. The molecule has 1 aliphatic rings. The molecule has 1 fully saturated rings. The Hall–Kier alpha value is -0.830. The van der Waals surface area contributed by atoms with E-state index in [0.29, 0.717) is 10.9 Å². The van der Waals surface area contributed by atoms with Gasteiger partial charge >= 0.3 is 0 Å². The molecule has 2 unspecified atom stereocenters. The van der Waals surface area contributed by atoms with E-state index in [0.717, 1.165) is 24.8 Å². The van der Waals surface area contributed by atoms with E-state index in [1.807, 2.05) is 36.2 Å². The molecule has 0 saturated heterocycles. The van der Waals surface area contributed by atoms with Gasteiger partial charge in [0.25, 0.3) is 5.91 Å². The number of benzene rings is 1. The van der Waals surface area contributed by atoms with Crippen LogP contribution in [-0.4, -0.2) is 28.7 Å². The Morgan fingerprint density at radius 1 is 1.26 bits per heavy atom. The first-order chi connectivity index (χ1) is 9.13. The van der Waals surface area contributed by atoms with Crippen molar-refractivity contribution in [1.82, 2.24) is 4.90 Å². The predicted octanol–water partition coefficient (Wildman–Crippen LogP) is 4.03. The lowest BCUT2D eigenvalue weighted by Gasteiger charge is -2.35. The number of hydrogen-bond donors (Lipinski definition) is 0. The Morgan fingerprint density at radius 3 is 2.47 bits per heavy atom. The normalized spacial score (nSPS) is 23.1. The lowest BCUT2D eigenvalue weighted by Crippen LogP contribution is -2.44. The van der Waals surface area contributed by atoms with Gasteiger partial charge in [-0.3, -0.25) is 4.79 Å². The fraction of sp³-hybridized carbons (Fsp3) is 0.562. The molecule has 1 amide bonds. The first-order valence-corrected chi connectivity index (χ1v) is 8.05. The fourth-order valence-corrected chi connectivity index (χ4v) is 3.68. The molecule has 1 aromatic carbocycles. The van der Waals surface area contributed by atoms with Crippen LogP contribution in [0, 0.1) is 0 Å². The van der Waals surface area contributed by atoms with Crippen molar-refractivity contribution in [3.8, 4) is 0 Å². The van der Waals surface area contributed by atoms with Gasteiger partial charge in [0.05, 0.1) is 0 Å². The quantitative estimate of drug-likeness (QED) is 0.769. The van der Waals surface area contributed by atoms with Crippen molar-refractivity contribution in [2.45, 2.75) is 49.9 Å². The lowest BCUT2D eigenvalue weighted by atomic mass is 9.94. The third-order valence-corrected chi connectivity index (χ3v) is 5.14. The third kappa shape index (κ3) is 3.38. The summed E-state index contributed by atoms with van der Waals surface area (Å²) in [6.07, 6.45) is 5.76. The summed E-state index contributed by atoms with van der Waals surface area (Å²) in [7, 11) is 1.93. The summed E-state index contributed by atoms with van der Waals surface area (Å²) >= 11 is 3.73. The minimum atomic E-state index is 0.138. The highest BCUT2D eigenvalue weighted by molar-refractivity contribution is 9.09. The highest BCUT2D eigenvalue weighted by Gasteiger charge is 2.29. The van der Waals surface area contributed by atoms with Crippen molar-refractivity contribution in [3.05, 3.63) is 35.4 Å². The number of aryl methyl sites for hydroxylation is 1. The van der Waals surface area contributed by atoms with Crippen molar-refractivity contribution in [2.24, 2.45) is 0 Å². The SMILES string of the molecule is CCc1ccc(C(=O)N(C)C2CCCCC2Br)cc1. The second kappa shape index (κ2) is 6.56. The van der Waals surface area contributed by atoms with Crippen molar-refractivity contribution in [2.75, 3.05) is 7.05 Å². The molecule has 2 nitrogen and oxygen atoms in total. The monoisotopic (exact) mass is 323 g/mol. The highest BCUT2D eigenvalue weighted by Crippen LogP contribution is 2.28. The Morgan fingerprint density at radius 2 is 1.89 bits per heavy atom. The van der Waals surface area contributed by atoms with Crippen LogP contribution in [0.1, 0.15) is 48.5 Å². The van der Waals surface area contributed by atoms with Crippen LogP contribution >= 0.6 is 15.9 Å². The van der Waals surface area contributed by atoms with Crippen LogP contribution in [0.25, 0.3) is 0 Å². The average molecular weight is 324 g/mol.